The number of nitrogens with zero attached hydrogens (tertiary/aromatic N) is 1. The van der Waals surface area contributed by atoms with Crippen molar-refractivity contribution in [2.24, 2.45) is 0 Å². The highest BCUT2D eigenvalue weighted by Gasteiger charge is 2.46. The van der Waals surface area contributed by atoms with E-state index in [-0.39, 0.29) is 17.7 Å². The summed E-state index contributed by atoms with van der Waals surface area (Å²) in [5.41, 5.74) is 0.0904. The van der Waals surface area contributed by atoms with E-state index in [1.54, 1.807) is 0 Å². The number of carbonyl (C=O) groups excluding carboxylic acids is 1. The standard InChI is InChI=1S/C15H17NO5/c1-2-9-10-7-12-15(20-5-6-21-15)3-4-16(12)13(17)11(10)8-19-14(9)18/h7,9H,2-6,8H2,1H3/i1D3,2D2. The van der Waals surface area contributed by atoms with Crippen molar-refractivity contribution in [1.82, 2.24) is 4.57 Å². The summed E-state index contributed by atoms with van der Waals surface area (Å²) in [6.07, 6.45) is -2.48. The maximum Gasteiger partial charge on any atom is 0.313 e. The molecule has 0 bridgehead atoms. The Hall–Kier alpha value is -1.66. The molecule has 1 saturated heterocycles. The Morgan fingerprint density at radius 1 is 1.48 bits per heavy atom. The van der Waals surface area contributed by atoms with Crippen molar-refractivity contribution in [1.29, 1.82) is 0 Å². The molecule has 1 unspecified atom stereocenters. The summed E-state index contributed by atoms with van der Waals surface area (Å²) >= 11 is 0. The number of cyclic esters (lactones) is 1. The van der Waals surface area contributed by atoms with Gasteiger partial charge in [0, 0.05) is 19.8 Å². The third kappa shape index (κ3) is 1.66. The van der Waals surface area contributed by atoms with Crippen molar-refractivity contribution < 1.29 is 25.9 Å². The molecule has 4 heterocycles. The van der Waals surface area contributed by atoms with Gasteiger partial charge in [0.05, 0.1) is 30.4 Å². The Morgan fingerprint density at radius 3 is 3.05 bits per heavy atom. The van der Waals surface area contributed by atoms with Crippen LogP contribution in [-0.4, -0.2) is 23.8 Å². The predicted octanol–water partition coefficient (Wildman–Crippen LogP) is 1.00. The molecule has 6 heteroatoms. The van der Waals surface area contributed by atoms with Crippen LogP contribution >= 0.6 is 0 Å². The Labute approximate surface area is 128 Å². The Kier molecular flexibility index (Phi) is 1.83. The number of fused-ring (bicyclic) bond motifs is 3. The predicted molar refractivity (Wildman–Crippen MR) is 71.7 cm³/mol. The van der Waals surface area contributed by atoms with Gasteiger partial charge < -0.3 is 18.8 Å². The summed E-state index contributed by atoms with van der Waals surface area (Å²) in [7, 11) is 0. The quantitative estimate of drug-likeness (QED) is 0.723. The molecular formula is C15H17NO5. The first-order valence-corrected chi connectivity index (χ1v) is 6.80. The number of aromatic nitrogens is 1. The molecule has 0 amide bonds. The summed E-state index contributed by atoms with van der Waals surface area (Å²) < 4.78 is 56.3. The van der Waals surface area contributed by atoms with Gasteiger partial charge in [0.2, 0.25) is 5.79 Å². The van der Waals surface area contributed by atoms with Gasteiger partial charge in [-0.3, -0.25) is 9.59 Å². The van der Waals surface area contributed by atoms with Crippen LogP contribution in [0, 0.1) is 0 Å². The summed E-state index contributed by atoms with van der Waals surface area (Å²) in [5, 5.41) is 0. The first-order valence-electron chi connectivity index (χ1n) is 9.30. The second-order valence-electron chi connectivity index (χ2n) is 5.31. The van der Waals surface area contributed by atoms with Crippen LogP contribution in [0.25, 0.3) is 0 Å². The fraction of sp³-hybridized carbons (Fsp3) is 0.600. The molecule has 1 spiro atoms. The molecule has 1 atom stereocenters. The number of esters is 1. The van der Waals surface area contributed by atoms with E-state index in [4.69, 9.17) is 21.1 Å². The highest BCUT2D eigenvalue weighted by Crippen LogP contribution is 2.41. The lowest BCUT2D eigenvalue weighted by Gasteiger charge is -2.27. The molecule has 0 radical (unpaired) electrons. The second kappa shape index (κ2) is 4.42. The lowest BCUT2D eigenvalue weighted by Crippen LogP contribution is -2.34. The van der Waals surface area contributed by atoms with Crippen LogP contribution in [-0.2, 0) is 37.9 Å². The van der Waals surface area contributed by atoms with E-state index < -0.39 is 36.5 Å². The summed E-state index contributed by atoms with van der Waals surface area (Å²) in [6, 6.07) is 1.48. The van der Waals surface area contributed by atoms with Crippen LogP contribution in [0.2, 0.25) is 0 Å². The molecule has 0 aromatic carbocycles. The molecule has 1 aromatic rings. The minimum Gasteiger partial charge on any atom is -0.460 e. The molecule has 112 valence electrons. The van der Waals surface area contributed by atoms with Gasteiger partial charge in [0.1, 0.15) is 6.61 Å². The Bertz CT molecular complexity index is 840. The molecule has 0 aliphatic carbocycles. The number of rotatable bonds is 1. The number of hydrogen-bond donors (Lipinski definition) is 0. The molecule has 21 heavy (non-hydrogen) atoms. The highest BCUT2D eigenvalue weighted by molar-refractivity contribution is 5.80. The summed E-state index contributed by atoms with van der Waals surface area (Å²) in [4.78, 5) is 25.2. The monoisotopic (exact) mass is 296 g/mol. The van der Waals surface area contributed by atoms with E-state index in [9.17, 15) is 9.59 Å². The summed E-state index contributed by atoms with van der Waals surface area (Å²) in [5.74, 6) is -3.83. The van der Waals surface area contributed by atoms with Gasteiger partial charge in [-0.15, -0.1) is 0 Å². The zero-order chi connectivity index (χ0) is 18.9. The van der Waals surface area contributed by atoms with Crippen LogP contribution in [0.1, 0.15) is 49.2 Å². The van der Waals surface area contributed by atoms with Crippen LogP contribution in [0.5, 0.6) is 0 Å². The third-order valence-corrected chi connectivity index (χ3v) is 4.29. The average molecular weight is 296 g/mol. The van der Waals surface area contributed by atoms with E-state index in [1.807, 2.05) is 0 Å². The normalized spacial score (nSPS) is 30.6. The topological polar surface area (TPSA) is 66.8 Å². The average Bonchev–Trinajstić information content (AvgIpc) is 3.15. The zero-order valence-electron chi connectivity index (χ0n) is 16.2. The van der Waals surface area contributed by atoms with Gasteiger partial charge in [0.25, 0.3) is 5.56 Å². The van der Waals surface area contributed by atoms with Crippen LogP contribution in [0.4, 0.5) is 0 Å². The summed E-state index contributed by atoms with van der Waals surface area (Å²) in [6.45, 7) is -2.32. The van der Waals surface area contributed by atoms with Gasteiger partial charge in [-0.05, 0) is 18.0 Å². The van der Waals surface area contributed by atoms with Crippen LogP contribution in [0.3, 0.4) is 0 Å². The number of hydrogen-bond acceptors (Lipinski definition) is 5. The fourth-order valence-corrected chi connectivity index (χ4v) is 3.27. The van der Waals surface area contributed by atoms with E-state index in [1.165, 1.54) is 10.6 Å². The second-order valence-corrected chi connectivity index (χ2v) is 5.31. The first kappa shape index (κ1) is 8.70. The Morgan fingerprint density at radius 2 is 2.29 bits per heavy atom. The number of carbonyl (C=O) groups is 1. The molecule has 1 fully saturated rings. The van der Waals surface area contributed by atoms with E-state index in [0.29, 0.717) is 31.9 Å². The van der Waals surface area contributed by atoms with Crippen molar-refractivity contribution >= 4 is 5.97 Å². The molecule has 0 saturated carbocycles. The highest BCUT2D eigenvalue weighted by atomic mass is 16.7. The molecule has 3 aliphatic rings. The minimum absolute atomic E-state index is 0.0407. The SMILES string of the molecule is [2H]C([2H])([2H])C([2H])([2H])C1C(=O)OCc2c1cc1n(c2=O)CCC12OCCO2. The zero-order valence-corrected chi connectivity index (χ0v) is 11.2. The van der Waals surface area contributed by atoms with E-state index in [2.05, 4.69) is 0 Å². The largest absolute Gasteiger partial charge is 0.460 e. The van der Waals surface area contributed by atoms with Crippen molar-refractivity contribution in [2.45, 2.75) is 44.5 Å². The number of pyridine rings is 1. The van der Waals surface area contributed by atoms with E-state index >= 15 is 0 Å². The van der Waals surface area contributed by atoms with Gasteiger partial charge in [-0.1, -0.05) is 6.85 Å². The molecule has 1 aromatic heterocycles. The van der Waals surface area contributed by atoms with Crippen molar-refractivity contribution in [3.8, 4) is 0 Å². The van der Waals surface area contributed by atoms with Gasteiger partial charge in [-0.2, -0.15) is 0 Å². The Balaban J connectivity index is 1.94. The smallest absolute Gasteiger partial charge is 0.313 e. The van der Waals surface area contributed by atoms with Gasteiger partial charge in [0.15, 0.2) is 0 Å². The molecular weight excluding hydrogens is 274 g/mol. The van der Waals surface area contributed by atoms with Crippen molar-refractivity contribution in [3.05, 3.63) is 33.2 Å². The maximum atomic E-state index is 12.9. The first-order chi connectivity index (χ1) is 12.1. The molecule has 6 nitrogen and oxygen atoms in total. The lowest BCUT2D eigenvalue weighted by molar-refractivity contribution is -0.163. The molecule has 4 rings (SSSR count). The van der Waals surface area contributed by atoms with Crippen LogP contribution < -0.4 is 5.56 Å². The fourth-order valence-electron chi connectivity index (χ4n) is 3.27. The van der Waals surface area contributed by atoms with Gasteiger partial charge in [-0.25, -0.2) is 0 Å². The van der Waals surface area contributed by atoms with Gasteiger partial charge >= 0.3 is 5.97 Å². The number of ether oxygens (including phenoxy) is 3. The molecule has 0 N–H and O–H groups in total. The van der Waals surface area contributed by atoms with Crippen molar-refractivity contribution in [2.75, 3.05) is 13.2 Å². The maximum absolute atomic E-state index is 12.9. The van der Waals surface area contributed by atoms with Crippen molar-refractivity contribution in [3.63, 3.8) is 0 Å². The minimum atomic E-state index is -3.07. The molecule has 3 aliphatic heterocycles. The van der Waals surface area contributed by atoms with E-state index in [0.717, 1.165) is 0 Å². The lowest BCUT2D eigenvalue weighted by atomic mass is 9.90. The third-order valence-electron chi connectivity index (χ3n) is 4.29. The van der Waals surface area contributed by atoms with Crippen LogP contribution in [0.15, 0.2) is 10.9 Å².